The van der Waals surface area contributed by atoms with Gasteiger partial charge in [0.25, 0.3) is 0 Å². The Hall–Kier alpha value is -1.94. The fourth-order valence-electron chi connectivity index (χ4n) is 1.88. The second-order valence-corrected chi connectivity index (χ2v) is 6.38. The number of nitrogen functional groups attached to an aromatic ring is 1. The van der Waals surface area contributed by atoms with E-state index in [0.29, 0.717) is 18.8 Å². The summed E-state index contributed by atoms with van der Waals surface area (Å²) in [6.07, 6.45) is 4.30. The molecule has 0 saturated carbocycles. The first-order valence-electron chi connectivity index (χ1n) is 6.59. The van der Waals surface area contributed by atoms with Crippen molar-refractivity contribution in [3.05, 3.63) is 18.3 Å². The average Bonchev–Trinajstić information content (AvgIpc) is 2.97. The predicted molar refractivity (Wildman–Crippen MR) is 76.8 cm³/mol. The first-order valence-corrected chi connectivity index (χ1v) is 8.08. The molecule has 2 aromatic rings. The van der Waals surface area contributed by atoms with Gasteiger partial charge in [-0.1, -0.05) is 6.92 Å². The molecule has 116 valence electrons. The van der Waals surface area contributed by atoms with E-state index in [1.54, 1.807) is 17.9 Å². The van der Waals surface area contributed by atoms with Crippen LogP contribution in [0.2, 0.25) is 0 Å². The monoisotopic (exact) mass is 313 g/mol. The molecule has 0 aromatic carbocycles. The number of sulfonamides is 1. The molecule has 0 aliphatic rings. The molecular weight excluding hydrogens is 294 g/mol. The summed E-state index contributed by atoms with van der Waals surface area (Å²) in [6, 6.07) is 0. The topological polar surface area (TPSA) is 121 Å². The molecule has 21 heavy (non-hydrogen) atoms. The molecule has 0 unspecified atom stereocenters. The quantitative estimate of drug-likeness (QED) is 0.712. The number of hydrogen-bond acceptors (Lipinski definition) is 6. The maximum atomic E-state index is 12.2. The second-order valence-electron chi connectivity index (χ2n) is 4.65. The zero-order chi connectivity index (χ0) is 15.5. The van der Waals surface area contributed by atoms with E-state index >= 15 is 0 Å². The normalized spacial score (nSPS) is 11.9. The lowest BCUT2D eigenvalue weighted by Gasteiger charge is -2.05. The van der Waals surface area contributed by atoms with Gasteiger partial charge in [0, 0.05) is 32.8 Å². The lowest BCUT2D eigenvalue weighted by Crippen LogP contribution is -2.27. The lowest BCUT2D eigenvalue weighted by molar-refractivity contribution is 0.578. The van der Waals surface area contributed by atoms with E-state index in [-0.39, 0.29) is 17.3 Å². The molecule has 9 nitrogen and oxygen atoms in total. The number of nitrogens with one attached hydrogen (secondary N) is 1. The van der Waals surface area contributed by atoms with Gasteiger partial charge in [0.15, 0.2) is 5.82 Å². The molecule has 0 spiro atoms. The van der Waals surface area contributed by atoms with Gasteiger partial charge in [0.05, 0.1) is 0 Å². The van der Waals surface area contributed by atoms with Crippen LogP contribution in [-0.4, -0.2) is 39.5 Å². The summed E-state index contributed by atoms with van der Waals surface area (Å²) in [4.78, 5) is 0.00825. The molecule has 0 bridgehead atoms. The van der Waals surface area contributed by atoms with E-state index in [9.17, 15) is 8.42 Å². The summed E-state index contributed by atoms with van der Waals surface area (Å²) in [5.74, 6) is 0.710. The molecule has 0 aliphatic heterocycles. The molecule has 0 radical (unpaired) electrons. The van der Waals surface area contributed by atoms with E-state index in [1.807, 2.05) is 6.92 Å². The number of hydrogen-bond donors (Lipinski definition) is 2. The van der Waals surface area contributed by atoms with E-state index in [1.165, 1.54) is 10.9 Å². The van der Waals surface area contributed by atoms with E-state index < -0.39 is 10.0 Å². The highest BCUT2D eigenvalue weighted by molar-refractivity contribution is 7.89. The van der Waals surface area contributed by atoms with Gasteiger partial charge < -0.3 is 10.3 Å². The van der Waals surface area contributed by atoms with Crippen LogP contribution in [0.25, 0.3) is 0 Å². The molecule has 3 N–H and O–H groups in total. The highest BCUT2D eigenvalue weighted by atomic mass is 32.2. The first-order chi connectivity index (χ1) is 9.94. The highest BCUT2D eigenvalue weighted by Crippen LogP contribution is 2.16. The van der Waals surface area contributed by atoms with E-state index in [2.05, 4.69) is 20.0 Å². The van der Waals surface area contributed by atoms with Crippen molar-refractivity contribution in [1.82, 2.24) is 29.3 Å². The molecule has 0 amide bonds. The number of rotatable bonds is 7. The molecule has 0 saturated heterocycles. The minimum Gasteiger partial charge on any atom is -0.381 e. The minimum absolute atomic E-state index is 0.00825. The summed E-state index contributed by atoms with van der Waals surface area (Å²) in [6.45, 7) is 2.82. The fraction of sp³-hybridized carbons (Fsp3) is 0.545. The number of aromatic nitrogens is 5. The van der Waals surface area contributed by atoms with E-state index in [4.69, 9.17) is 5.73 Å². The minimum atomic E-state index is -3.67. The number of anilines is 1. The van der Waals surface area contributed by atoms with Crippen LogP contribution < -0.4 is 10.5 Å². The van der Waals surface area contributed by atoms with Gasteiger partial charge in [-0.05, 0) is 6.42 Å². The van der Waals surface area contributed by atoms with Crippen molar-refractivity contribution >= 4 is 15.8 Å². The van der Waals surface area contributed by atoms with Crippen molar-refractivity contribution in [3.63, 3.8) is 0 Å². The molecule has 2 aromatic heterocycles. The van der Waals surface area contributed by atoms with Crippen molar-refractivity contribution in [2.45, 2.75) is 31.2 Å². The summed E-state index contributed by atoms with van der Waals surface area (Å²) in [7, 11) is -1.87. The van der Waals surface area contributed by atoms with Crippen LogP contribution in [0.1, 0.15) is 19.2 Å². The Morgan fingerprint density at radius 1 is 1.43 bits per heavy atom. The van der Waals surface area contributed by atoms with Crippen molar-refractivity contribution < 1.29 is 8.42 Å². The standard InChI is InChI=1S/C11H19N7O2S/c1-3-6-18-7-9(11(12)16-18)21(19,20)14-5-4-10-15-13-8-17(10)2/h7-8,14H,3-6H2,1-2H3,(H2,12,16). The Bertz CT molecular complexity index is 704. The molecule has 2 rings (SSSR count). The zero-order valence-corrected chi connectivity index (χ0v) is 12.8. The highest BCUT2D eigenvalue weighted by Gasteiger charge is 2.20. The molecular formula is C11H19N7O2S. The third-order valence-corrected chi connectivity index (χ3v) is 4.42. The first kappa shape index (κ1) is 15.4. The van der Waals surface area contributed by atoms with Crippen molar-refractivity contribution in [2.75, 3.05) is 12.3 Å². The SMILES string of the molecule is CCCn1cc(S(=O)(=O)NCCc2nncn2C)c(N)n1. The summed E-state index contributed by atoms with van der Waals surface area (Å²) < 4.78 is 30.2. The second kappa shape index (κ2) is 6.22. The third kappa shape index (κ3) is 3.58. The van der Waals surface area contributed by atoms with Crippen LogP contribution in [0.4, 0.5) is 5.82 Å². The largest absolute Gasteiger partial charge is 0.381 e. The predicted octanol–water partition coefficient (Wildman–Crippen LogP) is -0.475. The average molecular weight is 313 g/mol. The van der Waals surface area contributed by atoms with Gasteiger partial charge in [0.2, 0.25) is 10.0 Å². The number of nitrogens with two attached hydrogens (primary N) is 1. The van der Waals surface area contributed by atoms with Gasteiger partial charge in [-0.15, -0.1) is 10.2 Å². The summed E-state index contributed by atoms with van der Waals surface area (Å²) >= 11 is 0. The summed E-state index contributed by atoms with van der Waals surface area (Å²) in [5, 5.41) is 11.6. The van der Waals surface area contributed by atoms with Gasteiger partial charge in [0.1, 0.15) is 17.0 Å². The third-order valence-electron chi connectivity index (χ3n) is 2.94. The van der Waals surface area contributed by atoms with Crippen LogP contribution in [0.3, 0.4) is 0 Å². The lowest BCUT2D eigenvalue weighted by atomic mass is 10.4. The van der Waals surface area contributed by atoms with Crippen LogP contribution in [-0.2, 0) is 30.0 Å². The maximum absolute atomic E-state index is 12.2. The molecule has 0 atom stereocenters. The van der Waals surface area contributed by atoms with Crippen molar-refractivity contribution in [3.8, 4) is 0 Å². The summed E-state index contributed by atoms with van der Waals surface area (Å²) in [5.41, 5.74) is 5.67. The van der Waals surface area contributed by atoms with Crippen molar-refractivity contribution in [1.29, 1.82) is 0 Å². The van der Waals surface area contributed by atoms with E-state index in [0.717, 1.165) is 6.42 Å². The Labute approximate surface area is 123 Å². The van der Waals surface area contributed by atoms with Crippen LogP contribution >= 0.6 is 0 Å². The molecule has 0 fully saturated rings. The molecule has 0 aliphatic carbocycles. The van der Waals surface area contributed by atoms with Gasteiger partial charge >= 0.3 is 0 Å². The zero-order valence-electron chi connectivity index (χ0n) is 12.0. The van der Waals surface area contributed by atoms with Crippen LogP contribution in [0.15, 0.2) is 17.4 Å². The van der Waals surface area contributed by atoms with Gasteiger partial charge in [-0.3, -0.25) is 4.68 Å². The Balaban J connectivity index is 2.03. The Morgan fingerprint density at radius 2 is 2.19 bits per heavy atom. The van der Waals surface area contributed by atoms with Crippen LogP contribution in [0, 0.1) is 0 Å². The molecule has 2 heterocycles. The van der Waals surface area contributed by atoms with Crippen LogP contribution in [0.5, 0.6) is 0 Å². The van der Waals surface area contributed by atoms with Gasteiger partial charge in [-0.2, -0.15) is 5.10 Å². The number of aryl methyl sites for hydroxylation is 2. The maximum Gasteiger partial charge on any atom is 0.245 e. The van der Waals surface area contributed by atoms with Crippen molar-refractivity contribution in [2.24, 2.45) is 7.05 Å². The smallest absolute Gasteiger partial charge is 0.245 e. The molecule has 10 heteroatoms. The number of nitrogens with zero attached hydrogens (tertiary/aromatic N) is 5. The Kier molecular flexibility index (Phi) is 4.58. The fourth-order valence-corrected chi connectivity index (χ4v) is 2.98. The Morgan fingerprint density at radius 3 is 2.81 bits per heavy atom. The van der Waals surface area contributed by atoms with Gasteiger partial charge in [-0.25, -0.2) is 13.1 Å².